The predicted molar refractivity (Wildman–Crippen MR) is 80.1 cm³/mol. The van der Waals surface area contributed by atoms with Crippen LogP contribution in [0.4, 0.5) is 13.2 Å². The topological polar surface area (TPSA) is 0 Å². The van der Waals surface area contributed by atoms with E-state index in [1.165, 1.54) is 12.1 Å². The average molecular weight is 292 g/mol. The molecule has 0 spiro atoms. The first-order valence-corrected chi connectivity index (χ1v) is 7.22. The molecule has 0 aliphatic heterocycles. The minimum atomic E-state index is -0.346. The Hall–Kier alpha value is -1.77. The lowest BCUT2D eigenvalue weighted by molar-refractivity contribution is 0.456. The second-order valence-corrected chi connectivity index (χ2v) is 5.28. The molecule has 2 rings (SSSR count). The lowest BCUT2D eigenvalue weighted by Gasteiger charge is -2.08. The van der Waals surface area contributed by atoms with Gasteiger partial charge >= 0.3 is 0 Å². The third-order valence-corrected chi connectivity index (χ3v) is 3.62. The first-order valence-electron chi connectivity index (χ1n) is 7.22. The van der Waals surface area contributed by atoms with Crippen molar-refractivity contribution in [1.29, 1.82) is 0 Å². The first-order chi connectivity index (χ1) is 10.1. The fourth-order valence-electron chi connectivity index (χ4n) is 2.31. The van der Waals surface area contributed by atoms with Crippen molar-refractivity contribution >= 4 is 0 Å². The van der Waals surface area contributed by atoms with Crippen LogP contribution >= 0.6 is 0 Å². The summed E-state index contributed by atoms with van der Waals surface area (Å²) in [5, 5.41) is 0. The second kappa shape index (κ2) is 7.30. The van der Waals surface area contributed by atoms with Crippen molar-refractivity contribution in [2.45, 2.75) is 32.6 Å². The van der Waals surface area contributed by atoms with Crippen LogP contribution < -0.4 is 0 Å². The van der Waals surface area contributed by atoms with Crippen LogP contribution in [-0.2, 0) is 6.42 Å². The van der Waals surface area contributed by atoms with Crippen LogP contribution in [0.25, 0.3) is 11.1 Å². The normalized spacial score (nSPS) is 10.9. The molecule has 0 fully saturated rings. The van der Waals surface area contributed by atoms with E-state index in [4.69, 9.17) is 0 Å². The van der Waals surface area contributed by atoms with E-state index in [0.29, 0.717) is 23.1 Å². The minimum absolute atomic E-state index is 0.299. The van der Waals surface area contributed by atoms with E-state index >= 15 is 0 Å². The smallest absolute Gasteiger partial charge is 0.131 e. The Morgan fingerprint density at radius 3 is 2.33 bits per heavy atom. The van der Waals surface area contributed by atoms with Gasteiger partial charge in [-0.1, -0.05) is 30.7 Å². The Morgan fingerprint density at radius 1 is 0.857 bits per heavy atom. The summed E-state index contributed by atoms with van der Waals surface area (Å²) < 4.78 is 39.7. The van der Waals surface area contributed by atoms with Crippen molar-refractivity contribution in [1.82, 2.24) is 0 Å². The highest BCUT2D eigenvalue weighted by atomic mass is 19.1. The third-order valence-electron chi connectivity index (χ3n) is 3.62. The molecule has 0 aliphatic carbocycles. The Kier molecular flexibility index (Phi) is 5.43. The number of aryl methyl sites for hydroxylation is 2. The highest BCUT2D eigenvalue weighted by Gasteiger charge is 2.08. The maximum absolute atomic E-state index is 14.2. The van der Waals surface area contributed by atoms with Crippen molar-refractivity contribution in [3.8, 4) is 11.1 Å². The molecule has 0 saturated heterocycles. The Morgan fingerprint density at radius 2 is 1.67 bits per heavy atom. The summed E-state index contributed by atoms with van der Waals surface area (Å²) in [5.41, 5.74) is 2.38. The predicted octanol–water partition coefficient (Wildman–Crippen LogP) is 5.62. The van der Waals surface area contributed by atoms with Gasteiger partial charge in [-0.3, -0.25) is 4.39 Å². The maximum Gasteiger partial charge on any atom is 0.131 e. The van der Waals surface area contributed by atoms with Crippen LogP contribution in [0.1, 0.15) is 30.4 Å². The van der Waals surface area contributed by atoms with E-state index in [9.17, 15) is 13.2 Å². The van der Waals surface area contributed by atoms with Gasteiger partial charge in [-0.2, -0.15) is 0 Å². The lowest BCUT2D eigenvalue weighted by atomic mass is 9.99. The molecule has 0 unspecified atom stereocenters. The Labute approximate surface area is 123 Å². The van der Waals surface area contributed by atoms with Gasteiger partial charge in [0.25, 0.3) is 0 Å². The summed E-state index contributed by atoms with van der Waals surface area (Å²) in [6.07, 6.45) is 2.95. The van der Waals surface area contributed by atoms with Crippen LogP contribution in [0, 0.1) is 18.6 Å². The SMILES string of the molecule is Cc1ccc(-c2ccc(CCCCCF)cc2F)cc1F. The molecular formula is C18H19F3. The Bertz CT molecular complexity index is 605. The molecule has 0 N–H and O–H groups in total. The number of hydrogen-bond acceptors (Lipinski definition) is 0. The molecule has 2 aromatic carbocycles. The largest absolute Gasteiger partial charge is 0.251 e. The third kappa shape index (κ3) is 4.10. The molecule has 0 aromatic heterocycles. The van der Waals surface area contributed by atoms with E-state index < -0.39 is 0 Å². The zero-order chi connectivity index (χ0) is 15.2. The van der Waals surface area contributed by atoms with Gasteiger partial charge in [-0.05, 0) is 55.0 Å². The van der Waals surface area contributed by atoms with E-state index in [1.54, 1.807) is 25.1 Å². The van der Waals surface area contributed by atoms with Crippen molar-refractivity contribution in [2.75, 3.05) is 6.67 Å². The van der Waals surface area contributed by atoms with Crippen LogP contribution in [0.15, 0.2) is 36.4 Å². The molecule has 3 heteroatoms. The van der Waals surface area contributed by atoms with Gasteiger partial charge < -0.3 is 0 Å². The van der Waals surface area contributed by atoms with Gasteiger partial charge in [-0.25, -0.2) is 8.78 Å². The summed E-state index contributed by atoms with van der Waals surface area (Å²) in [4.78, 5) is 0. The van der Waals surface area contributed by atoms with Crippen molar-refractivity contribution in [3.63, 3.8) is 0 Å². The number of unbranched alkanes of at least 4 members (excludes halogenated alkanes) is 2. The molecular weight excluding hydrogens is 273 g/mol. The number of rotatable bonds is 6. The molecule has 0 amide bonds. The second-order valence-electron chi connectivity index (χ2n) is 5.28. The molecule has 112 valence electrons. The molecule has 21 heavy (non-hydrogen) atoms. The van der Waals surface area contributed by atoms with Gasteiger partial charge in [0.05, 0.1) is 6.67 Å². The summed E-state index contributed by atoms with van der Waals surface area (Å²) in [6, 6.07) is 9.75. The number of alkyl halides is 1. The summed E-state index contributed by atoms with van der Waals surface area (Å²) in [7, 11) is 0. The standard InChI is InChI=1S/C18H19F3/c1-13-6-8-15(12-17(13)20)16-9-7-14(11-18(16)21)5-3-2-4-10-19/h6-9,11-12H,2-5,10H2,1H3. The van der Waals surface area contributed by atoms with Gasteiger partial charge in [-0.15, -0.1) is 0 Å². The quantitative estimate of drug-likeness (QED) is 0.606. The monoisotopic (exact) mass is 292 g/mol. The highest BCUT2D eigenvalue weighted by molar-refractivity contribution is 5.65. The van der Waals surface area contributed by atoms with Gasteiger partial charge in [0.2, 0.25) is 0 Å². The minimum Gasteiger partial charge on any atom is -0.251 e. The van der Waals surface area contributed by atoms with Crippen LogP contribution in [0.2, 0.25) is 0 Å². The van der Waals surface area contributed by atoms with Crippen LogP contribution in [0.3, 0.4) is 0 Å². The molecule has 0 bridgehead atoms. The fraction of sp³-hybridized carbons (Fsp3) is 0.333. The zero-order valence-electron chi connectivity index (χ0n) is 12.1. The van der Waals surface area contributed by atoms with Gasteiger partial charge in [0.15, 0.2) is 0 Å². The number of benzene rings is 2. The van der Waals surface area contributed by atoms with E-state index in [0.717, 1.165) is 24.8 Å². The molecule has 0 radical (unpaired) electrons. The molecule has 0 saturated carbocycles. The molecule has 2 aromatic rings. The van der Waals surface area contributed by atoms with Gasteiger partial charge in [0.1, 0.15) is 11.6 Å². The molecule has 0 aliphatic rings. The van der Waals surface area contributed by atoms with E-state index in [-0.39, 0.29) is 18.3 Å². The zero-order valence-corrected chi connectivity index (χ0v) is 12.1. The summed E-state index contributed by atoms with van der Waals surface area (Å²) in [5.74, 6) is -0.677. The number of hydrogen-bond donors (Lipinski definition) is 0. The summed E-state index contributed by atoms with van der Waals surface area (Å²) in [6.45, 7) is 1.38. The molecule has 0 nitrogen and oxygen atoms in total. The Balaban J connectivity index is 2.13. The van der Waals surface area contributed by atoms with Crippen molar-refractivity contribution in [3.05, 3.63) is 59.2 Å². The summed E-state index contributed by atoms with van der Waals surface area (Å²) >= 11 is 0. The van der Waals surface area contributed by atoms with E-state index in [2.05, 4.69) is 0 Å². The average Bonchev–Trinajstić information content (AvgIpc) is 2.47. The number of halogens is 3. The van der Waals surface area contributed by atoms with Gasteiger partial charge in [0, 0.05) is 5.56 Å². The molecule has 0 heterocycles. The highest BCUT2D eigenvalue weighted by Crippen LogP contribution is 2.26. The lowest BCUT2D eigenvalue weighted by Crippen LogP contribution is -1.92. The first kappa shape index (κ1) is 15.6. The van der Waals surface area contributed by atoms with E-state index in [1.807, 2.05) is 6.07 Å². The van der Waals surface area contributed by atoms with Crippen LogP contribution in [-0.4, -0.2) is 6.67 Å². The fourth-order valence-corrected chi connectivity index (χ4v) is 2.31. The van der Waals surface area contributed by atoms with Crippen molar-refractivity contribution in [2.24, 2.45) is 0 Å². The molecule has 0 atom stereocenters. The van der Waals surface area contributed by atoms with Crippen molar-refractivity contribution < 1.29 is 13.2 Å². The maximum atomic E-state index is 14.2. The van der Waals surface area contributed by atoms with Crippen LogP contribution in [0.5, 0.6) is 0 Å².